The van der Waals surface area contributed by atoms with Crippen molar-refractivity contribution in [2.45, 2.75) is 24.8 Å². The summed E-state index contributed by atoms with van der Waals surface area (Å²) in [4.78, 5) is 14.4. The smallest absolute Gasteiger partial charge is 0.318 e. The van der Waals surface area contributed by atoms with Crippen molar-refractivity contribution in [1.29, 1.82) is 0 Å². The van der Waals surface area contributed by atoms with Crippen molar-refractivity contribution < 1.29 is 18.3 Å². The number of aromatic nitrogens is 1. The number of hydrogen-bond acceptors (Lipinski definition) is 4. The maximum atomic E-state index is 12.1. The third-order valence-electron chi connectivity index (χ3n) is 2.11. The minimum absolute atomic E-state index is 0.00468. The van der Waals surface area contributed by atoms with E-state index in [0.29, 0.717) is 0 Å². The molecule has 17 heavy (non-hydrogen) atoms. The number of rotatable bonds is 5. The van der Waals surface area contributed by atoms with Crippen LogP contribution < -0.4 is 0 Å². The van der Waals surface area contributed by atoms with Crippen LogP contribution in [-0.4, -0.2) is 41.4 Å². The van der Waals surface area contributed by atoms with E-state index in [1.807, 2.05) is 0 Å². The molecule has 1 rings (SSSR count). The van der Waals surface area contributed by atoms with Gasteiger partial charge in [-0.1, -0.05) is 0 Å². The first kappa shape index (κ1) is 13.6. The van der Waals surface area contributed by atoms with E-state index in [-0.39, 0.29) is 4.90 Å². The molecule has 0 aliphatic carbocycles. The Morgan fingerprint density at radius 1 is 1.53 bits per heavy atom. The van der Waals surface area contributed by atoms with E-state index in [4.69, 9.17) is 5.11 Å². The summed E-state index contributed by atoms with van der Waals surface area (Å²) in [6, 6.07) is 2.45. The van der Waals surface area contributed by atoms with Gasteiger partial charge in [0, 0.05) is 18.4 Å². The second-order valence-electron chi connectivity index (χ2n) is 3.73. The number of carboxylic acid groups (broad SMARTS) is 1. The van der Waals surface area contributed by atoms with E-state index in [1.165, 1.54) is 24.5 Å². The summed E-state index contributed by atoms with van der Waals surface area (Å²) in [5.41, 5.74) is 0. The number of nitrogens with zero attached hydrogens (tertiary/aromatic N) is 2. The molecule has 94 valence electrons. The van der Waals surface area contributed by atoms with Gasteiger partial charge in [0.25, 0.3) is 0 Å². The highest BCUT2D eigenvalue weighted by atomic mass is 32.2. The molecule has 7 heteroatoms. The second kappa shape index (κ2) is 5.24. The van der Waals surface area contributed by atoms with Crippen LogP contribution in [0.4, 0.5) is 0 Å². The molecule has 6 nitrogen and oxygen atoms in total. The highest BCUT2D eigenvalue weighted by molar-refractivity contribution is 7.89. The maximum Gasteiger partial charge on any atom is 0.318 e. The van der Waals surface area contributed by atoms with Crippen molar-refractivity contribution >= 4 is 16.0 Å². The third-order valence-corrected chi connectivity index (χ3v) is 4.11. The first-order valence-corrected chi connectivity index (χ1v) is 6.43. The van der Waals surface area contributed by atoms with Gasteiger partial charge in [0.15, 0.2) is 0 Å². The lowest BCUT2D eigenvalue weighted by atomic mass is 10.4. The van der Waals surface area contributed by atoms with Crippen LogP contribution in [0, 0.1) is 0 Å². The highest BCUT2D eigenvalue weighted by Gasteiger charge is 2.28. The van der Waals surface area contributed by atoms with Gasteiger partial charge in [0.1, 0.15) is 11.4 Å². The average Bonchev–Trinajstić information content (AvgIpc) is 2.26. The number of carbonyl (C=O) groups is 1. The Morgan fingerprint density at radius 2 is 2.18 bits per heavy atom. The van der Waals surface area contributed by atoms with E-state index < -0.39 is 28.6 Å². The minimum atomic E-state index is -3.81. The van der Waals surface area contributed by atoms with Crippen molar-refractivity contribution in [3.05, 3.63) is 24.5 Å². The monoisotopic (exact) mass is 258 g/mol. The first-order valence-electron chi connectivity index (χ1n) is 4.99. The van der Waals surface area contributed by atoms with E-state index in [0.717, 1.165) is 4.31 Å². The molecule has 1 N–H and O–H groups in total. The van der Waals surface area contributed by atoms with Crippen molar-refractivity contribution in [3.8, 4) is 0 Å². The predicted octanol–water partition coefficient (Wildman–Crippen LogP) is 0.565. The minimum Gasteiger partial charge on any atom is -0.480 e. The zero-order valence-corrected chi connectivity index (χ0v) is 10.4. The Kier molecular flexibility index (Phi) is 4.19. The molecule has 0 radical (unpaired) electrons. The van der Waals surface area contributed by atoms with Crippen LogP contribution in [-0.2, 0) is 14.8 Å². The van der Waals surface area contributed by atoms with Crippen molar-refractivity contribution in [1.82, 2.24) is 9.29 Å². The van der Waals surface area contributed by atoms with Crippen LogP contribution in [0.1, 0.15) is 13.8 Å². The maximum absolute atomic E-state index is 12.1. The Labute approximate surface area is 100.0 Å². The van der Waals surface area contributed by atoms with Gasteiger partial charge >= 0.3 is 5.97 Å². The zero-order chi connectivity index (χ0) is 13.1. The van der Waals surface area contributed by atoms with E-state index >= 15 is 0 Å². The van der Waals surface area contributed by atoms with Crippen molar-refractivity contribution in [3.63, 3.8) is 0 Å². The molecule has 0 saturated carbocycles. The van der Waals surface area contributed by atoms with Crippen LogP contribution in [0.25, 0.3) is 0 Å². The molecular weight excluding hydrogens is 244 g/mol. The molecule has 0 spiro atoms. The summed E-state index contributed by atoms with van der Waals surface area (Å²) >= 11 is 0. The molecule has 1 aromatic heterocycles. The molecule has 0 aromatic carbocycles. The molecule has 1 heterocycles. The van der Waals surface area contributed by atoms with Gasteiger partial charge in [-0.25, -0.2) is 8.42 Å². The lowest BCUT2D eigenvalue weighted by Gasteiger charge is -2.23. The molecule has 0 aliphatic heterocycles. The largest absolute Gasteiger partial charge is 0.480 e. The first-order chi connectivity index (χ1) is 7.85. The summed E-state index contributed by atoms with van der Waals surface area (Å²) in [5.74, 6) is -1.19. The molecule has 0 fully saturated rings. The fourth-order valence-corrected chi connectivity index (χ4v) is 2.86. The normalized spacial score (nSPS) is 12.0. The Bertz CT molecular complexity index is 484. The van der Waals surface area contributed by atoms with Gasteiger partial charge in [-0.2, -0.15) is 4.31 Å². The van der Waals surface area contributed by atoms with Crippen molar-refractivity contribution in [2.24, 2.45) is 0 Å². The quantitative estimate of drug-likeness (QED) is 0.834. The molecular formula is C10H14N2O4S. The Hall–Kier alpha value is -1.47. The molecule has 1 aromatic rings. The van der Waals surface area contributed by atoms with Crippen LogP contribution in [0.5, 0.6) is 0 Å². The predicted molar refractivity (Wildman–Crippen MR) is 60.9 cm³/mol. The topological polar surface area (TPSA) is 87.6 Å². The van der Waals surface area contributed by atoms with E-state index in [1.54, 1.807) is 13.8 Å². The lowest BCUT2D eigenvalue weighted by molar-refractivity contribution is -0.137. The highest BCUT2D eigenvalue weighted by Crippen LogP contribution is 2.16. The third kappa shape index (κ3) is 3.24. The number of pyridine rings is 1. The standard InChI is InChI=1S/C10H14N2O4S/c1-8(2)12(7-10(13)14)17(15,16)9-4-3-5-11-6-9/h3-6,8H,7H2,1-2H3,(H,13,14). The lowest BCUT2D eigenvalue weighted by Crippen LogP contribution is -2.40. The van der Waals surface area contributed by atoms with Gasteiger partial charge in [0.05, 0.1) is 0 Å². The van der Waals surface area contributed by atoms with Gasteiger partial charge < -0.3 is 5.11 Å². The Morgan fingerprint density at radius 3 is 2.59 bits per heavy atom. The van der Waals surface area contributed by atoms with E-state index in [9.17, 15) is 13.2 Å². The number of sulfonamides is 1. The van der Waals surface area contributed by atoms with Gasteiger partial charge in [-0.3, -0.25) is 9.78 Å². The fourth-order valence-electron chi connectivity index (χ4n) is 1.31. The van der Waals surface area contributed by atoms with Crippen LogP contribution >= 0.6 is 0 Å². The SMILES string of the molecule is CC(C)N(CC(=O)O)S(=O)(=O)c1cccnc1. The molecule has 0 amide bonds. The number of hydrogen-bond donors (Lipinski definition) is 1. The van der Waals surface area contributed by atoms with Crippen molar-refractivity contribution in [2.75, 3.05) is 6.54 Å². The summed E-state index contributed by atoms with van der Waals surface area (Å²) in [6.07, 6.45) is 2.66. The van der Waals surface area contributed by atoms with Gasteiger partial charge in [-0.15, -0.1) is 0 Å². The van der Waals surface area contributed by atoms with Crippen LogP contribution in [0.3, 0.4) is 0 Å². The van der Waals surface area contributed by atoms with Crippen LogP contribution in [0.2, 0.25) is 0 Å². The molecule has 0 bridgehead atoms. The van der Waals surface area contributed by atoms with E-state index in [2.05, 4.69) is 4.98 Å². The molecule has 0 unspecified atom stereocenters. The molecule has 0 saturated heterocycles. The Balaban J connectivity index is 3.14. The second-order valence-corrected chi connectivity index (χ2v) is 5.62. The van der Waals surface area contributed by atoms with Gasteiger partial charge in [-0.05, 0) is 26.0 Å². The summed E-state index contributed by atoms with van der Waals surface area (Å²) in [7, 11) is -3.81. The van der Waals surface area contributed by atoms with Crippen LogP contribution in [0.15, 0.2) is 29.4 Å². The van der Waals surface area contributed by atoms with Gasteiger partial charge in [0.2, 0.25) is 10.0 Å². The summed E-state index contributed by atoms with van der Waals surface area (Å²) < 4.78 is 25.2. The average molecular weight is 258 g/mol. The summed E-state index contributed by atoms with van der Waals surface area (Å²) in [6.45, 7) is 2.68. The molecule has 0 aliphatic rings. The zero-order valence-electron chi connectivity index (χ0n) is 9.57. The summed E-state index contributed by atoms with van der Waals surface area (Å²) in [5, 5.41) is 8.72. The fraction of sp³-hybridized carbons (Fsp3) is 0.400. The molecule has 0 atom stereocenters. The number of carboxylic acids is 1. The number of aliphatic carboxylic acids is 1.